The molecule has 0 unspecified atom stereocenters. The predicted octanol–water partition coefficient (Wildman–Crippen LogP) is 5.13. The maximum atomic E-state index is 10.8. The number of benzene rings is 1. The first-order chi connectivity index (χ1) is 10.4. The van der Waals surface area contributed by atoms with Crippen molar-refractivity contribution in [3.63, 3.8) is 0 Å². The molecule has 0 saturated heterocycles. The van der Waals surface area contributed by atoms with Crippen LogP contribution in [-0.2, 0) is 10.8 Å². The zero-order chi connectivity index (χ0) is 17.6. The third kappa shape index (κ3) is 3.75. The second kappa shape index (κ2) is 5.91. The van der Waals surface area contributed by atoms with Gasteiger partial charge in [-0.3, -0.25) is 0 Å². The summed E-state index contributed by atoms with van der Waals surface area (Å²) in [5, 5.41) is 13.8. The van der Waals surface area contributed by atoms with Gasteiger partial charge in [-0.05, 0) is 29.9 Å². The first kappa shape index (κ1) is 18.0. The molecule has 0 spiro atoms. The Balaban J connectivity index is 2.68. The highest BCUT2D eigenvalue weighted by Crippen LogP contribution is 2.42. The van der Waals surface area contributed by atoms with Crippen LogP contribution in [-0.4, -0.2) is 10.1 Å². The van der Waals surface area contributed by atoms with Crippen molar-refractivity contribution in [1.29, 1.82) is 0 Å². The second-order valence-electron chi connectivity index (χ2n) is 8.28. The SMILES string of the molecule is C[C@H](N)c1nc(-c2cc(C(C)(C)C)c(O)c(C(C)(C)C)c2)cs1. The highest BCUT2D eigenvalue weighted by atomic mass is 32.1. The van der Waals surface area contributed by atoms with Gasteiger partial charge in [-0.1, -0.05) is 41.5 Å². The zero-order valence-electron chi connectivity index (χ0n) is 15.2. The zero-order valence-corrected chi connectivity index (χ0v) is 16.0. The summed E-state index contributed by atoms with van der Waals surface area (Å²) in [6, 6.07) is 4.06. The van der Waals surface area contributed by atoms with Gasteiger partial charge in [0, 0.05) is 22.1 Å². The highest BCUT2D eigenvalue weighted by molar-refractivity contribution is 7.10. The number of hydrogen-bond donors (Lipinski definition) is 2. The van der Waals surface area contributed by atoms with Crippen LogP contribution in [0.4, 0.5) is 0 Å². The molecule has 0 aliphatic heterocycles. The van der Waals surface area contributed by atoms with Crippen LogP contribution in [0.5, 0.6) is 5.75 Å². The van der Waals surface area contributed by atoms with Gasteiger partial charge in [-0.2, -0.15) is 0 Å². The van der Waals surface area contributed by atoms with E-state index in [1.807, 2.05) is 12.3 Å². The minimum absolute atomic E-state index is 0.0601. The third-order valence-corrected chi connectivity index (χ3v) is 4.98. The van der Waals surface area contributed by atoms with E-state index in [1.165, 1.54) is 0 Å². The standard InChI is InChI=1S/C19H28N2OS/c1-11(20)17-21-15(10-23-17)12-8-13(18(2,3)4)16(22)14(9-12)19(5,6)7/h8-11,22H,20H2,1-7H3/t11-/m0/s1. The maximum absolute atomic E-state index is 10.8. The molecule has 2 aromatic rings. The van der Waals surface area contributed by atoms with Gasteiger partial charge < -0.3 is 10.8 Å². The van der Waals surface area contributed by atoms with Crippen LogP contribution in [0.3, 0.4) is 0 Å². The summed E-state index contributed by atoms with van der Waals surface area (Å²) in [5.74, 6) is 0.399. The number of phenolic OH excluding ortho intramolecular Hbond substituents is 1. The van der Waals surface area contributed by atoms with E-state index in [2.05, 4.69) is 58.7 Å². The molecule has 4 heteroatoms. The fraction of sp³-hybridized carbons (Fsp3) is 0.526. The van der Waals surface area contributed by atoms with Gasteiger partial charge in [-0.25, -0.2) is 4.98 Å². The molecule has 0 saturated carbocycles. The number of nitrogens with two attached hydrogens (primary N) is 1. The van der Waals surface area contributed by atoms with Crippen LogP contribution < -0.4 is 5.73 Å². The van der Waals surface area contributed by atoms with Crippen LogP contribution in [0.25, 0.3) is 11.3 Å². The Kier molecular flexibility index (Phi) is 4.62. The van der Waals surface area contributed by atoms with E-state index >= 15 is 0 Å². The van der Waals surface area contributed by atoms with Crippen LogP contribution >= 0.6 is 11.3 Å². The summed E-state index contributed by atoms with van der Waals surface area (Å²) in [7, 11) is 0. The van der Waals surface area contributed by atoms with Gasteiger partial charge in [0.2, 0.25) is 0 Å². The van der Waals surface area contributed by atoms with Crippen molar-refractivity contribution in [2.24, 2.45) is 5.73 Å². The van der Waals surface area contributed by atoms with E-state index in [0.717, 1.165) is 27.4 Å². The fourth-order valence-electron chi connectivity index (χ4n) is 2.56. The third-order valence-electron chi connectivity index (χ3n) is 3.93. The molecule has 3 nitrogen and oxygen atoms in total. The van der Waals surface area contributed by atoms with Crippen LogP contribution in [0, 0.1) is 0 Å². The van der Waals surface area contributed by atoms with E-state index in [0.29, 0.717) is 5.75 Å². The number of aromatic nitrogens is 1. The van der Waals surface area contributed by atoms with Crippen molar-refractivity contribution in [2.75, 3.05) is 0 Å². The Bertz CT molecular complexity index is 668. The van der Waals surface area contributed by atoms with Crippen LogP contribution in [0.15, 0.2) is 17.5 Å². The molecular formula is C19H28N2OS. The average molecular weight is 333 g/mol. The normalized spacial score (nSPS) is 14.1. The molecular weight excluding hydrogens is 304 g/mol. The lowest BCUT2D eigenvalue weighted by Gasteiger charge is -2.28. The molecule has 1 aromatic heterocycles. The Morgan fingerprint density at radius 1 is 1.04 bits per heavy atom. The second-order valence-corrected chi connectivity index (χ2v) is 9.17. The van der Waals surface area contributed by atoms with E-state index in [1.54, 1.807) is 11.3 Å². The summed E-state index contributed by atoms with van der Waals surface area (Å²) in [6.07, 6.45) is 0. The molecule has 3 N–H and O–H groups in total. The molecule has 23 heavy (non-hydrogen) atoms. The van der Waals surface area contributed by atoms with Gasteiger partial charge in [0.25, 0.3) is 0 Å². The van der Waals surface area contributed by atoms with E-state index in [9.17, 15) is 5.11 Å². The van der Waals surface area contributed by atoms with Gasteiger partial charge in [-0.15, -0.1) is 11.3 Å². The number of hydrogen-bond acceptors (Lipinski definition) is 4. The summed E-state index contributed by atoms with van der Waals surface area (Å²) in [5.41, 5.74) is 9.54. The molecule has 0 radical (unpaired) electrons. The van der Waals surface area contributed by atoms with Crippen LogP contribution in [0.2, 0.25) is 0 Å². The minimum Gasteiger partial charge on any atom is -0.507 e. The minimum atomic E-state index is -0.139. The number of phenols is 1. The number of thiazole rings is 1. The van der Waals surface area contributed by atoms with Gasteiger partial charge in [0.15, 0.2) is 0 Å². The quantitative estimate of drug-likeness (QED) is 0.801. The lowest BCUT2D eigenvalue weighted by molar-refractivity contribution is 0.423. The summed E-state index contributed by atoms with van der Waals surface area (Å²) >= 11 is 1.58. The smallest absolute Gasteiger partial charge is 0.123 e. The number of nitrogens with zero attached hydrogens (tertiary/aromatic N) is 1. The molecule has 126 valence electrons. The van der Waals surface area contributed by atoms with E-state index in [4.69, 9.17) is 5.73 Å². The first-order valence-corrected chi connectivity index (χ1v) is 8.88. The molecule has 0 bridgehead atoms. The van der Waals surface area contributed by atoms with Gasteiger partial charge >= 0.3 is 0 Å². The van der Waals surface area contributed by atoms with Crippen LogP contribution in [0.1, 0.15) is 70.6 Å². The monoisotopic (exact) mass is 332 g/mol. The molecule has 1 aromatic carbocycles. The topological polar surface area (TPSA) is 59.1 Å². The average Bonchev–Trinajstić information content (AvgIpc) is 2.85. The Labute approximate surface area is 143 Å². The molecule has 1 atom stereocenters. The summed E-state index contributed by atoms with van der Waals surface area (Å²) in [4.78, 5) is 4.67. The van der Waals surface area contributed by atoms with Crippen molar-refractivity contribution >= 4 is 11.3 Å². The lowest BCUT2D eigenvalue weighted by atomic mass is 9.78. The van der Waals surface area contributed by atoms with E-state index in [-0.39, 0.29) is 16.9 Å². The molecule has 2 rings (SSSR count). The van der Waals surface area contributed by atoms with Crippen molar-refractivity contribution < 1.29 is 5.11 Å². The molecule has 0 aliphatic rings. The number of aromatic hydroxyl groups is 1. The lowest BCUT2D eigenvalue weighted by Crippen LogP contribution is -2.17. The predicted molar refractivity (Wildman–Crippen MR) is 99.2 cm³/mol. The molecule has 0 aliphatic carbocycles. The Hall–Kier alpha value is -1.39. The Morgan fingerprint density at radius 2 is 1.52 bits per heavy atom. The first-order valence-electron chi connectivity index (χ1n) is 8.00. The Morgan fingerprint density at radius 3 is 1.87 bits per heavy atom. The van der Waals surface area contributed by atoms with Crippen molar-refractivity contribution in [3.05, 3.63) is 33.6 Å². The molecule has 0 fully saturated rings. The highest BCUT2D eigenvalue weighted by Gasteiger charge is 2.27. The molecule has 0 amide bonds. The summed E-state index contributed by atoms with van der Waals surface area (Å²) < 4.78 is 0. The fourth-order valence-corrected chi connectivity index (χ4v) is 3.34. The van der Waals surface area contributed by atoms with Crippen molar-refractivity contribution in [2.45, 2.75) is 65.3 Å². The summed E-state index contributed by atoms with van der Waals surface area (Å²) in [6.45, 7) is 14.7. The maximum Gasteiger partial charge on any atom is 0.123 e. The van der Waals surface area contributed by atoms with Crippen molar-refractivity contribution in [1.82, 2.24) is 4.98 Å². The van der Waals surface area contributed by atoms with Gasteiger partial charge in [0.1, 0.15) is 10.8 Å². The molecule has 1 heterocycles. The van der Waals surface area contributed by atoms with Gasteiger partial charge in [0.05, 0.1) is 11.7 Å². The largest absolute Gasteiger partial charge is 0.507 e. The van der Waals surface area contributed by atoms with E-state index < -0.39 is 0 Å². The number of rotatable bonds is 2. The van der Waals surface area contributed by atoms with Crippen molar-refractivity contribution in [3.8, 4) is 17.0 Å².